The molecule has 1 heterocycles. The first-order chi connectivity index (χ1) is 7.20. The highest BCUT2D eigenvalue weighted by Gasteiger charge is 2.25. The largest absolute Gasteiger partial charge is 0.497 e. The number of nitrogens with one attached hydrogen (secondary N) is 1. The van der Waals surface area contributed by atoms with Crippen LogP contribution in [0.15, 0.2) is 18.2 Å². The molecule has 5 heteroatoms. The first kappa shape index (κ1) is 9.64. The molecule has 1 aliphatic rings. The van der Waals surface area contributed by atoms with E-state index in [1.165, 1.54) is 0 Å². The lowest BCUT2D eigenvalue weighted by Gasteiger charge is -2.24. The van der Waals surface area contributed by atoms with Crippen LogP contribution in [0.2, 0.25) is 0 Å². The molecule has 1 aliphatic heterocycles. The number of fused-ring (bicyclic) bond motifs is 1. The van der Waals surface area contributed by atoms with Crippen molar-refractivity contribution in [1.29, 1.82) is 0 Å². The van der Waals surface area contributed by atoms with Crippen LogP contribution in [0.5, 0.6) is 11.5 Å². The lowest BCUT2D eigenvalue weighted by molar-refractivity contribution is -0.144. The second-order valence-corrected chi connectivity index (χ2v) is 3.19. The van der Waals surface area contributed by atoms with E-state index in [-0.39, 0.29) is 6.54 Å². The SMILES string of the molecule is COc1ccc2c(c1)OC(C(=O)O)CN2. The third-order valence-corrected chi connectivity index (χ3v) is 2.21. The molecule has 0 saturated heterocycles. The highest BCUT2D eigenvalue weighted by atomic mass is 16.5. The van der Waals surface area contributed by atoms with Crippen molar-refractivity contribution in [2.75, 3.05) is 19.0 Å². The Kier molecular flexibility index (Phi) is 2.37. The van der Waals surface area contributed by atoms with Crippen LogP contribution >= 0.6 is 0 Å². The third kappa shape index (κ3) is 1.81. The molecule has 0 fully saturated rings. The second-order valence-electron chi connectivity index (χ2n) is 3.19. The Balaban J connectivity index is 2.27. The summed E-state index contributed by atoms with van der Waals surface area (Å²) >= 11 is 0. The minimum absolute atomic E-state index is 0.272. The van der Waals surface area contributed by atoms with Crippen molar-refractivity contribution < 1.29 is 19.4 Å². The van der Waals surface area contributed by atoms with Gasteiger partial charge in [-0.1, -0.05) is 0 Å². The van der Waals surface area contributed by atoms with E-state index in [1.807, 2.05) is 0 Å². The Labute approximate surface area is 86.6 Å². The van der Waals surface area contributed by atoms with Crippen molar-refractivity contribution >= 4 is 11.7 Å². The molecule has 0 amide bonds. The van der Waals surface area contributed by atoms with Gasteiger partial charge in [0.1, 0.15) is 11.5 Å². The Morgan fingerprint density at radius 2 is 2.47 bits per heavy atom. The Morgan fingerprint density at radius 3 is 3.13 bits per heavy atom. The molecule has 0 spiro atoms. The second kappa shape index (κ2) is 3.68. The maximum absolute atomic E-state index is 10.7. The average Bonchev–Trinajstić information content (AvgIpc) is 2.27. The molecule has 0 bridgehead atoms. The van der Waals surface area contributed by atoms with Crippen LogP contribution in [-0.4, -0.2) is 30.8 Å². The van der Waals surface area contributed by atoms with Crippen LogP contribution in [0.4, 0.5) is 5.69 Å². The van der Waals surface area contributed by atoms with Crippen molar-refractivity contribution in [1.82, 2.24) is 0 Å². The number of carboxylic acid groups (broad SMARTS) is 1. The van der Waals surface area contributed by atoms with Crippen molar-refractivity contribution in [2.24, 2.45) is 0 Å². The highest BCUT2D eigenvalue weighted by Crippen LogP contribution is 2.32. The van der Waals surface area contributed by atoms with E-state index in [1.54, 1.807) is 25.3 Å². The summed E-state index contributed by atoms with van der Waals surface area (Å²) < 4.78 is 10.3. The molecule has 5 nitrogen and oxygen atoms in total. The van der Waals surface area contributed by atoms with Crippen LogP contribution in [0.1, 0.15) is 0 Å². The van der Waals surface area contributed by atoms with Gasteiger partial charge < -0.3 is 19.9 Å². The molecule has 2 N–H and O–H groups in total. The fraction of sp³-hybridized carbons (Fsp3) is 0.300. The van der Waals surface area contributed by atoms with Gasteiger partial charge in [0.15, 0.2) is 0 Å². The third-order valence-electron chi connectivity index (χ3n) is 2.21. The lowest BCUT2D eigenvalue weighted by atomic mass is 10.2. The predicted molar refractivity (Wildman–Crippen MR) is 53.5 cm³/mol. The molecule has 0 aromatic heterocycles. The molecule has 0 radical (unpaired) electrons. The van der Waals surface area contributed by atoms with Gasteiger partial charge >= 0.3 is 5.97 Å². The number of rotatable bonds is 2. The zero-order valence-corrected chi connectivity index (χ0v) is 8.19. The zero-order valence-electron chi connectivity index (χ0n) is 8.19. The summed E-state index contributed by atoms with van der Waals surface area (Å²) in [7, 11) is 1.55. The summed E-state index contributed by atoms with van der Waals surface area (Å²) in [5, 5.41) is 11.8. The van der Waals surface area contributed by atoms with Crippen molar-refractivity contribution in [3.8, 4) is 11.5 Å². The molecule has 80 valence electrons. The van der Waals surface area contributed by atoms with Crippen molar-refractivity contribution in [3.05, 3.63) is 18.2 Å². The Hall–Kier alpha value is -1.91. The molecule has 2 rings (SSSR count). The highest BCUT2D eigenvalue weighted by molar-refractivity contribution is 5.76. The smallest absolute Gasteiger partial charge is 0.346 e. The maximum atomic E-state index is 10.7. The van der Waals surface area contributed by atoms with Gasteiger partial charge in [0.25, 0.3) is 0 Å². The van der Waals surface area contributed by atoms with E-state index < -0.39 is 12.1 Å². The number of ether oxygens (including phenoxy) is 2. The van der Waals surface area contributed by atoms with Crippen LogP contribution in [0.3, 0.4) is 0 Å². The fourth-order valence-corrected chi connectivity index (χ4v) is 1.41. The van der Waals surface area contributed by atoms with E-state index in [0.29, 0.717) is 11.5 Å². The summed E-state index contributed by atoms with van der Waals surface area (Å²) in [5.41, 5.74) is 0.785. The number of aliphatic carboxylic acids is 1. The van der Waals surface area contributed by atoms with Crippen LogP contribution in [-0.2, 0) is 4.79 Å². The van der Waals surface area contributed by atoms with Gasteiger partial charge in [-0.25, -0.2) is 4.79 Å². The number of anilines is 1. The maximum Gasteiger partial charge on any atom is 0.346 e. The number of carbonyl (C=O) groups is 1. The number of carboxylic acids is 1. The van der Waals surface area contributed by atoms with E-state index in [0.717, 1.165) is 5.69 Å². The molecule has 15 heavy (non-hydrogen) atoms. The molecular formula is C10H11NO4. The predicted octanol–water partition coefficient (Wildman–Crippen LogP) is 0.953. The first-order valence-corrected chi connectivity index (χ1v) is 4.52. The lowest BCUT2D eigenvalue weighted by Crippen LogP contribution is -2.37. The topological polar surface area (TPSA) is 67.8 Å². The van der Waals surface area contributed by atoms with Gasteiger partial charge in [-0.3, -0.25) is 0 Å². The van der Waals surface area contributed by atoms with E-state index in [2.05, 4.69) is 5.32 Å². The van der Waals surface area contributed by atoms with Crippen LogP contribution in [0, 0.1) is 0 Å². The Bertz CT molecular complexity index is 391. The molecule has 1 aromatic rings. The average molecular weight is 209 g/mol. The molecule has 0 aliphatic carbocycles. The minimum atomic E-state index is -0.976. The summed E-state index contributed by atoms with van der Waals surface area (Å²) in [5.74, 6) is 0.172. The normalized spacial score (nSPS) is 18.3. The molecule has 1 unspecified atom stereocenters. The first-order valence-electron chi connectivity index (χ1n) is 4.52. The molecule has 0 saturated carbocycles. The number of hydrogen-bond donors (Lipinski definition) is 2. The zero-order chi connectivity index (χ0) is 10.8. The molecule has 1 aromatic carbocycles. The van der Waals surface area contributed by atoms with E-state index in [4.69, 9.17) is 14.6 Å². The number of methoxy groups -OCH3 is 1. The van der Waals surface area contributed by atoms with Gasteiger partial charge in [0, 0.05) is 6.07 Å². The van der Waals surface area contributed by atoms with Gasteiger partial charge in [-0.05, 0) is 12.1 Å². The Morgan fingerprint density at radius 1 is 1.67 bits per heavy atom. The summed E-state index contributed by atoms with van der Waals surface area (Å²) in [6.45, 7) is 0.272. The fourth-order valence-electron chi connectivity index (χ4n) is 1.41. The number of benzene rings is 1. The minimum Gasteiger partial charge on any atom is -0.497 e. The van der Waals surface area contributed by atoms with Crippen molar-refractivity contribution in [3.63, 3.8) is 0 Å². The van der Waals surface area contributed by atoms with Crippen LogP contribution < -0.4 is 14.8 Å². The van der Waals surface area contributed by atoms with Gasteiger partial charge in [-0.2, -0.15) is 0 Å². The van der Waals surface area contributed by atoms with Crippen molar-refractivity contribution in [2.45, 2.75) is 6.10 Å². The van der Waals surface area contributed by atoms with Gasteiger partial charge in [-0.15, -0.1) is 0 Å². The monoisotopic (exact) mass is 209 g/mol. The molecule has 1 atom stereocenters. The summed E-state index contributed by atoms with van der Waals surface area (Å²) in [6.07, 6.45) is -0.843. The van der Waals surface area contributed by atoms with Crippen LogP contribution in [0.25, 0.3) is 0 Å². The molecular weight excluding hydrogens is 198 g/mol. The number of hydrogen-bond acceptors (Lipinski definition) is 4. The summed E-state index contributed by atoms with van der Waals surface area (Å²) in [6, 6.07) is 5.25. The van der Waals surface area contributed by atoms with E-state index in [9.17, 15) is 4.79 Å². The summed E-state index contributed by atoms with van der Waals surface area (Å²) in [4.78, 5) is 10.7. The standard InChI is InChI=1S/C10H11NO4/c1-14-6-2-3-7-8(4-6)15-9(5-11-7)10(12)13/h2-4,9,11H,5H2,1H3,(H,12,13). The van der Waals surface area contributed by atoms with E-state index >= 15 is 0 Å². The van der Waals surface area contributed by atoms with Gasteiger partial charge in [0.2, 0.25) is 6.10 Å². The van der Waals surface area contributed by atoms with Gasteiger partial charge in [0.05, 0.1) is 19.3 Å². The quantitative estimate of drug-likeness (QED) is 0.759.